The molecule has 1 aliphatic rings. The summed E-state index contributed by atoms with van der Waals surface area (Å²) in [6.45, 7) is 1.86. The molecule has 0 saturated heterocycles. The van der Waals surface area contributed by atoms with Crippen molar-refractivity contribution in [1.82, 2.24) is 0 Å². The van der Waals surface area contributed by atoms with Crippen LogP contribution in [0.5, 0.6) is 0 Å². The number of carbonyl (C=O) groups is 1. The first kappa shape index (κ1) is 12.6. The molecule has 0 fully saturated rings. The van der Waals surface area contributed by atoms with Crippen LogP contribution in [0.15, 0.2) is 53.8 Å². The third-order valence-corrected chi connectivity index (χ3v) is 3.18. The molecule has 1 aliphatic carbocycles. The van der Waals surface area contributed by atoms with Gasteiger partial charge in [0.15, 0.2) is 5.78 Å². The SMILES string of the molecule is COC1(C)C=C(O)C(C(=O)c2ccccc2)=CC1. The molecule has 0 radical (unpaired) electrons. The van der Waals surface area contributed by atoms with E-state index in [1.54, 1.807) is 43.5 Å². The molecule has 2 rings (SSSR count). The molecule has 1 N–H and O–H groups in total. The fourth-order valence-electron chi connectivity index (χ4n) is 1.93. The maximum Gasteiger partial charge on any atom is 0.196 e. The number of ether oxygens (including phenoxy) is 1. The molecule has 0 aliphatic heterocycles. The van der Waals surface area contributed by atoms with Crippen molar-refractivity contribution in [2.75, 3.05) is 7.11 Å². The molecular formula is C15H16O3. The van der Waals surface area contributed by atoms with Gasteiger partial charge in [0.2, 0.25) is 0 Å². The lowest BCUT2D eigenvalue weighted by Gasteiger charge is -2.27. The van der Waals surface area contributed by atoms with Gasteiger partial charge in [-0.05, 0) is 19.4 Å². The van der Waals surface area contributed by atoms with E-state index in [4.69, 9.17) is 4.74 Å². The Morgan fingerprint density at radius 3 is 2.56 bits per heavy atom. The summed E-state index contributed by atoms with van der Waals surface area (Å²) >= 11 is 0. The second-order valence-corrected chi connectivity index (χ2v) is 4.56. The molecule has 0 bridgehead atoms. The molecule has 3 nitrogen and oxygen atoms in total. The molecular weight excluding hydrogens is 228 g/mol. The van der Waals surface area contributed by atoms with Gasteiger partial charge in [-0.1, -0.05) is 36.4 Å². The highest BCUT2D eigenvalue weighted by atomic mass is 16.5. The first-order valence-electron chi connectivity index (χ1n) is 5.83. The van der Waals surface area contributed by atoms with Crippen LogP contribution in [0.25, 0.3) is 0 Å². The monoisotopic (exact) mass is 244 g/mol. The van der Waals surface area contributed by atoms with E-state index in [9.17, 15) is 9.90 Å². The Labute approximate surface area is 106 Å². The molecule has 94 valence electrons. The molecule has 0 saturated carbocycles. The van der Waals surface area contributed by atoms with Gasteiger partial charge in [0, 0.05) is 12.7 Å². The minimum atomic E-state index is -0.537. The lowest BCUT2D eigenvalue weighted by atomic mass is 9.89. The van der Waals surface area contributed by atoms with Crippen LogP contribution in [0.1, 0.15) is 23.7 Å². The Morgan fingerprint density at radius 1 is 1.33 bits per heavy atom. The number of hydrogen-bond donors (Lipinski definition) is 1. The Morgan fingerprint density at radius 2 is 2.00 bits per heavy atom. The molecule has 0 heterocycles. The van der Waals surface area contributed by atoms with Gasteiger partial charge in [-0.25, -0.2) is 0 Å². The van der Waals surface area contributed by atoms with Gasteiger partial charge in [-0.15, -0.1) is 0 Å². The van der Waals surface area contributed by atoms with Crippen LogP contribution in [-0.2, 0) is 4.74 Å². The Hall–Kier alpha value is -1.87. The van der Waals surface area contributed by atoms with Gasteiger partial charge >= 0.3 is 0 Å². The van der Waals surface area contributed by atoms with E-state index in [1.165, 1.54) is 0 Å². The summed E-state index contributed by atoms with van der Waals surface area (Å²) in [4.78, 5) is 12.2. The van der Waals surface area contributed by atoms with Crippen LogP contribution in [0.4, 0.5) is 0 Å². The zero-order valence-corrected chi connectivity index (χ0v) is 10.5. The minimum absolute atomic E-state index is 0.0144. The smallest absolute Gasteiger partial charge is 0.196 e. The molecule has 18 heavy (non-hydrogen) atoms. The Bertz CT molecular complexity index is 514. The summed E-state index contributed by atoms with van der Waals surface area (Å²) in [6, 6.07) is 8.93. The number of rotatable bonds is 3. The Kier molecular flexibility index (Phi) is 3.34. The maximum absolute atomic E-state index is 12.2. The van der Waals surface area contributed by atoms with E-state index >= 15 is 0 Å². The highest BCUT2D eigenvalue weighted by Gasteiger charge is 2.28. The second kappa shape index (κ2) is 4.78. The van der Waals surface area contributed by atoms with Crippen LogP contribution >= 0.6 is 0 Å². The second-order valence-electron chi connectivity index (χ2n) is 4.56. The summed E-state index contributed by atoms with van der Waals surface area (Å²) in [6.07, 6.45) is 3.89. The number of aliphatic hydroxyl groups is 1. The average molecular weight is 244 g/mol. The topological polar surface area (TPSA) is 46.5 Å². The highest BCUT2D eigenvalue weighted by Crippen LogP contribution is 2.29. The van der Waals surface area contributed by atoms with Gasteiger partial charge in [0.25, 0.3) is 0 Å². The quantitative estimate of drug-likeness (QED) is 0.831. The highest BCUT2D eigenvalue weighted by molar-refractivity contribution is 6.11. The van der Waals surface area contributed by atoms with Crippen molar-refractivity contribution in [3.05, 3.63) is 59.4 Å². The number of aliphatic hydroxyl groups excluding tert-OH is 1. The van der Waals surface area contributed by atoms with E-state index in [1.807, 2.05) is 13.0 Å². The first-order valence-corrected chi connectivity index (χ1v) is 5.83. The number of allylic oxidation sites excluding steroid dienone is 1. The van der Waals surface area contributed by atoms with E-state index < -0.39 is 5.60 Å². The number of ketones is 1. The fraction of sp³-hybridized carbons (Fsp3) is 0.267. The fourth-order valence-corrected chi connectivity index (χ4v) is 1.93. The number of Topliss-reactive ketones (excluding diaryl/α,β-unsaturated/α-hetero) is 1. The van der Waals surface area contributed by atoms with Gasteiger partial charge in [0.1, 0.15) is 5.76 Å². The lowest BCUT2D eigenvalue weighted by Crippen LogP contribution is -2.28. The molecule has 1 aromatic rings. The standard InChI is InChI=1S/C15H16O3/c1-15(18-2)9-8-12(13(16)10-15)14(17)11-6-4-3-5-7-11/h3-8,10,16H,9H2,1-2H3. The third kappa shape index (κ3) is 2.36. The van der Waals surface area contributed by atoms with Crippen molar-refractivity contribution in [2.45, 2.75) is 18.9 Å². The van der Waals surface area contributed by atoms with Crippen molar-refractivity contribution in [2.24, 2.45) is 0 Å². The van der Waals surface area contributed by atoms with Crippen LogP contribution in [0, 0.1) is 0 Å². The van der Waals surface area contributed by atoms with Crippen molar-refractivity contribution in [1.29, 1.82) is 0 Å². The van der Waals surface area contributed by atoms with Crippen molar-refractivity contribution in [3.8, 4) is 0 Å². The summed E-state index contributed by atoms with van der Waals surface area (Å²) in [5, 5.41) is 9.96. The van der Waals surface area contributed by atoms with E-state index in [2.05, 4.69) is 0 Å². The average Bonchev–Trinajstić information content (AvgIpc) is 2.39. The van der Waals surface area contributed by atoms with Gasteiger partial charge in [0.05, 0.1) is 11.2 Å². The molecule has 1 atom stereocenters. The first-order chi connectivity index (χ1) is 8.56. The summed E-state index contributed by atoms with van der Waals surface area (Å²) < 4.78 is 5.29. The van der Waals surface area contributed by atoms with Crippen LogP contribution in [-0.4, -0.2) is 23.6 Å². The third-order valence-electron chi connectivity index (χ3n) is 3.18. The number of methoxy groups -OCH3 is 1. The van der Waals surface area contributed by atoms with Crippen LogP contribution < -0.4 is 0 Å². The molecule has 0 aromatic heterocycles. The summed E-state index contributed by atoms with van der Waals surface area (Å²) in [5.74, 6) is -0.179. The van der Waals surface area contributed by atoms with Crippen molar-refractivity contribution in [3.63, 3.8) is 0 Å². The maximum atomic E-state index is 12.2. The van der Waals surface area contributed by atoms with Crippen LogP contribution in [0.2, 0.25) is 0 Å². The van der Waals surface area contributed by atoms with Gasteiger partial charge in [-0.3, -0.25) is 4.79 Å². The van der Waals surface area contributed by atoms with Gasteiger partial charge in [-0.2, -0.15) is 0 Å². The molecule has 3 heteroatoms. The van der Waals surface area contributed by atoms with Gasteiger partial charge < -0.3 is 9.84 Å². The Balaban J connectivity index is 2.27. The zero-order chi connectivity index (χ0) is 13.2. The number of benzene rings is 1. The number of hydrogen-bond acceptors (Lipinski definition) is 3. The number of carbonyl (C=O) groups excluding carboxylic acids is 1. The predicted octanol–water partition coefficient (Wildman–Crippen LogP) is 3.05. The van der Waals surface area contributed by atoms with Crippen molar-refractivity contribution >= 4 is 5.78 Å². The molecule has 0 spiro atoms. The van der Waals surface area contributed by atoms with Crippen LogP contribution in [0.3, 0.4) is 0 Å². The zero-order valence-electron chi connectivity index (χ0n) is 10.5. The molecule has 1 unspecified atom stereocenters. The summed E-state index contributed by atoms with van der Waals surface area (Å²) in [5.41, 5.74) is 0.380. The van der Waals surface area contributed by atoms with Crippen molar-refractivity contribution < 1.29 is 14.6 Å². The largest absolute Gasteiger partial charge is 0.507 e. The van der Waals surface area contributed by atoms with E-state index in [0.29, 0.717) is 17.6 Å². The molecule has 1 aromatic carbocycles. The predicted molar refractivity (Wildman–Crippen MR) is 69.6 cm³/mol. The minimum Gasteiger partial charge on any atom is -0.507 e. The van der Waals surface area contributed by atoms with E-state index in [0.717, 1.165) is 0 Å². The normalized spacial score (nSPS) is 23.2. The molecule has 0 amide bonds. The lowest BCUT2D eigenvalue weighted by molar-refractivity contribution is 0.0466. The van der Waals surface area contributed by atoms with E-state index in [-0.39, 0.29) is 11.5 Å². The summed E-state index contributed by atoms with van der Waals surface area (Å²) in [7, 11) is 1.58.